The molecule has 0 saturated carbocycles. The van der Waals surface area contributed by atoms with Crippen LogP contribution in [0.3, 0.4) is 0 Å². The number of rotatable bonds is 23. The summed E-state index contributed by atoms with van der Waals surface area (Å²) in [5.41, 5.74) is 3.89. The van der Waals surface area contributed by atoms with Crippen molar-refractivity contribution < 1.29 is 4.43 Å². The summed E-state index contributed by atoms with van der Waals surface area (Å²) in [4.78, 5) is 0. The van der Waals surface area contributed by atoms with Gasteiger partial charge in [0.2, 0.25) is 0 Å². The van der Waals surface area contributed by atoms with Crippen molar-refractivity contribution in [2.24, 2.45) is 0 Å². The van der Waals surface area contributed by atoms with Gasteiger partial charge in [-0.2, -0.15) is 0 Å². The van der Waals surface area contributed by atoms with E-state index in [0.29, 0.717) is 0 Å². The van der Waals surface area contributed by atoms with Crippen molar-refractivity contribution in [3.05, 3.63) is 15.4 Å². The molecule has 1 nitrogen and oxygen atoms in total. The molecule has 0 radical (unpaired) electrons. The van der Waals surface area contributed by atoms with Crippen molar-refractivity contribution in [2.75, 3.05) is 6.61 Å². The van der Waals surface area contributed by atoms with Gasteiger partial charge in [-0.25, -0.2) is 0 Å². The zero-order valence-electron chi connectivity index (χ0n) is 24.1. The van der Waals surface area contributed by atoms with Crippen LogP contribution in [-0.2, 0) is 4.43 Å². The summed E-state index contributed by atoms with van der Waals surface area (Å²) in [5, 5.41) is 0. The van der Waals surface area contributed by atoms with Crippen molar-refractivity contribution in [3.8, 4) is 0 Å². The Balaban J connectivity index is 5.72. The molecule has 0 unspecified atom stereocenters. The third-order valence-corrected chi connectivity index (χ3v) is 28.3. The van der Waals surface area contributed by atoms with Gasteiger partial charge in [-0.3, -0.25) is 0 Å². The van der Waals surface area contributed by atoms with E-state index in [2.05, 4.69) is 60.3 Å². The molecule has 0 aromatic heterocycles. The average molecular weight is 586 g/mol. The Bertz CT molecular complexity index is 466. The fourth-order valence-electron chi connectivity index (χ4n) is 5.50. The van der Waals surface area contributed by atoms with E-state index < -0.39 is 26.7 Å². The van der Waals surface area contributed by atoms with E-state index in [9.17, 15) is 0 Å². The van der Waals surface area contributed by atoms with Gasteiger partial charge in [0.15, 0.2) is 0 Å². The first-order valence-electron chi connectivity index (χ1n) is 15.1. The zero-order valence-corrected chi connectivity index (χ0v) is 28.0. The Kier molecular flexibility index (Phi) is 22.1. The summed E-state index contributed by atoms with van der Waals surface area (Å²) < 4.78 is 13.6. The molecule has 0 amide bonds. The van der Waals surface area contributed by atoms with Gasteiger partial charge >= 0.3 is 217 Å². The fourth-order valence-corrected chi connectivity index (χ4v) is 26.8. The predicted molar refractivity (Wildman–Crippen MR) is 158 cm³/mol. The molecule has 0 rings (SSSR count). The minimum absolute atomic E-state index is 0.989. The second kappa shape index (κ2) is 21.8. The van der Waals surface area contributed by atoms with E-state index in [4.69, 9.17) is 4.43 Å². The first kappa shape index (κ1) is 33.5. The molecule has 0 spiro atoms. The van der Waals surface area contributed by atoms with Crippen LogP contribution in [0, 0.1) is 0 Å². The maximum atomic E-state index is 7.12. The Labute approximate surface area is 215 Å². The molecule has 0 aliphatic heterocycles. The van der Waals surface area contributed by atoms with Gasteiger partial charge in [0.05, 0.1) is 0 Å². The van der Waals surface area contributed by atoms with E-state index in [1.54, 1.807) is 16.9 Å². The quantitative estimate of drug-likeness (QED) is 0.0856. The average Bonchev–Trinajstić information content (AvgIpc) is 2.84. The summed E-state index contributed by atoms with van der Waals surface area (Å²) in [6.07, 6.45) is 19.8. The van der Waals surface area contributed by atoms with Gasteiger partial charge in [-0.05, 0) is 0 Å². The molecule has 0 atom stereocenters. The van der Waals surface area contributed by atoms with E-state index in [0.717, 1.165) is 6.61 Å². The molecule has 0 aromatic carbocycles. The standard InChI is InChI=1S/C18H35OSi.3C4H9.Sn/c1-5-9-13-14-15-19-20(16-10-6-2,17-11-7-3)18-12-8-4;3*1-3-4-2;/h5H,6-8,10-12,14-18H2,1-4H3;3*1,3-4H2,2H3;. The number of unbranched alkanes of at least 4 members (excludes halogenated alkanes) is 6. The number of hydrogen-bond donors (Lipinski definition) is 0. The second-order valence-electron chi connectivity index (χ2n) is 10.6. The molecule has 0 N–H and O–H groups in total. The summed E-state index contributed by atoms with van der Waals surface area (Å²) in [5.74, 6) is 0. The first-order chi connectivity index (χ1) is 16.0. The molecular weight excluding hydrogens is 523 g/mol. The van der Waals surface area contributed by atoms with Crippen molar-refractivity contribution >= 4 is 26.7 Å². The molecule has 0 saturated heterocycles. The summed E-state index contributed by atoms with van der Waals surface area (Å²) in [6, 6.07) is 4.17. The van der Waals surface area contributed by atoms with E-state index >= 15 is 0 Å². The molecule has 196 valence electrons. The molecule has 0 aliphatic rings. The SMILES string of the molecule is CC=C=[C](CCO[Si](CCCC)(CCCC)CCCC)[Sn]([CH2]CCC)([CH2]CCC)[CH2]CCC. The molecule has 0 fully saturated rings. The molecule has 0 bridgehead atoms. The minimum atomic E-state index is -2.40. The Morgan fingerprint density at radius 2 is 1.06 bits per heavy atom. The van der Waals surface area contributed by atoms with E-state index in [-0.39, 0.29) is 0 Å². The topological polar surface area (TPSA) is 9.23 Å². The van der Waals surface area contributed by atoms with Gasteiger partial charge < -0.3 is 0 Å². The van der Waals surface area contributed by atoms with Crippen molar-refractivity contribution in [1.29, 1.82) is 0 Å². The first-order valence-corrected chi connectivity index (χ1v) is 25.1. The van der Waals surface area contributed by atoms with Crippen LogP contribution in [0.15, 0.2) is 15.4 Å². The van der Waals surface area contributed by atoms with Gasteiger partial charge in [-0.1, -0.05) is 0 Å². The monoisotopic (exact) mass is 586 g/mol. The second-order valence-corrected chi connectivity index (χ2v) is 28.1. The van der Waals surface area contributed by atoms with Crippen LogP contribution in [0.2, 0.25) is 31.4 Å². The summed E-state index contributed by atoms with van der Waals surface area (Å²) >= 11 is -2.40. The van der Waals surface area contributed by atoms with Gasteiger partial charge in [-0.15, -0.1) is 0 Å². The van der Waals surface area contributed by atoms with Crippen molar-refractivity contribution in [3.63, 3.8) is 0 Å². The van der Waals surface area contributed by atoms with Gasteiger partial charge in [0, 0.05) is 0 Å². The van der Waals surface area contributed by atoms with Crippen LogP contribution in [0.25, 0.3) is 0 Å². The molecule has 33 heavy (non-hydrogen) atoms. The molecule has 3 heteroatoms. The van der Waals surface area contributed by atoms with Crippen LogP contribution >= 0.6 is 0 Å². The normalized spacial score (nSPS) is 12.1. The Morgan fingerprint density at radius 1 is 0.667 bits per heavy atom. The van der Waals surface area contributed by atoms with Crippen LogP contribution in [0.1, 0.15) is 132 Å². The van der Waals surface area contributed by atoms with Crippen LogP contribution in [0.4, 0.5) is 0 Å². The summed E-state index contributed by atoms with van der Waals surface area (Å²) in [6.45, 7) is 17.4. The van der Waals surface area contributed by atoms with Gasteiger partial charge in [0.25, 0.3) is 0 Å². The van der Waals surface area contributed by atoms with Crippen LogP contribution in [-0.4, -0.2) is 33.3 Å². The predicted octanol–water partition coefficient (Wildman–Crippen LogP) is 11.2. The Morgan fingerprint density at radius 3 is 1.39 bits per heavy atom. The molecule has 0 aliphatic carbocycles. The Hall–Kier alpha value is 0.496. The molecule has 0 aromatic rings. The zero-order chi connectivity index (χ0) is 24.8. The third kappa shape index (κ3) is 14.0. The van der Waals surface area contributed by atoms with Crippen LogP contribution in [0.5, 0.6) is 0 Å². The van der Waals surface area contributed by atoms with Crippen molar-refractivity contribution in [1.82, 2.24) is 0 Å². The number of hydrogen-bond acceptors (Lipinski definition) is 1. The maximum absolute atomic E-state index is 7.12. The molecule has 0 heterocycles. The fraction of sp³-hybridized carbons (Fsp3) is 0.900. The summed E-state index contributed by atoms with van der Waals surface area (Å²) in [7, 11) is -1.61. The van der Waals surface area contributed by atoms with E-state index in [1.807, 2.05) is 0 Å². The van der Waals surface area contributed by atoms with Gasteiger partial charge in [0.1, 0.15) is 0 Å². The molecular formula is C30H62OSiSn. The third-order valence-electron chi connectivity index (χ3n) is 7.70. The van der Waals surface area contributed by atoms with Crippen LogP contribution < -0.4 is 0 Å². The van der Waals surface area contributed by atoms with E-state index in [1.165, 1.54) is 102 Å². The van der Waals surface area contributed by atoms with Crippen molar-refractivity contribution in [2.45, 2.75) is 163 Å².